The van der Waals surface area contributed by atoms with Crippen LogP contribution in [0.5, 0.6) is 0 Å². The molecule has 1 radical (unpaired) electrons. The Bertz CT molecular complexity index is 660. The predicted octanol–water partition coefficient (Wildman–Crippen LogP) is 3.41. The van der Waals surface area contributed by atoms with Gasteiger partial charge in [-0.25, -0.2) is 9.97 Å². The number of hydrogen-bond donors (Lipinski definition) is 0. The van der Waals surface area contributed by atoms with Crippen molar-refractivity contribution < 1.29 is 0 Å². The third kappa shape index (κ3) is 1.78. The third-order valence-electron chi connectivity index (χ3n) is 2.74. The van der Waals surface area contributed by atoms with Gasteiger partial charge in [-0.2, -0.15) is 0 Å². The number of nitrogens with zero attached hydrogens (tertiary/aromatic N) is 2. The molecule has 0 atom stereocenters. The van der Waals surface area contributed by atoms with Gasteiger partial charge in [0.2, 0.25) is 0 Å². The summed E-state index contributed by atoms with van der Waals surface area (Å²) in [6.45, 7) is 1.99. The van der Waals surface area contributed by atoms with Gasteiger partial charge in [0.05, 0.1) is 22.4 Å². The first kappa shape index (κ1) is 9.97. The van der Waals surface area contributed by atoms with Crippen LogP contribution in [0.25, 0.3) is 22.3 Å². The normalized spacial score (nSPS) is 10.6. The molecule has 0 unspecified atom stereocenters. The molecule has 3 rings (SSSR count). The van der Waals surface area contributed by atoms with Gasteiger partial charge in [-0.05, 0) is 25.1 Å². The van der Waals surface area contributed by atoms with Crippen LogP contribution in [0.15, 0.2) is 48.5 Å². The molecular formula is C15H11N2. The lowest BCUT2D eigenvalue weighted by atomic mass is 10.1. The van der Waals surface area contributed by atoms with E-state index in [0.29, 0.717) is 0 Å². The molecular weight excluding hydrogens is 208 g/mol. The molecule has 0 saturated heterocycles. The molecule has 17 heavy (non-hydrogen) atoms. The highest BCUT2D eigenvalue weighted by Gasteiger charge is 2.06. The molecule has 0 spiro atoms. The molecule has 81 valence electrons. The van der Waals surface area contributed by atoms with Crippen molar-refractivity contribution in [2.24, 2.45) is 0 Å². The van der Waals surface area contributed by atoms with E-state index in [0.717, 1.165) is 28.0 Å². The quantitative estimate of drug-likeness (QED) is 0.626. The molecule has 0 fully saturated rings. The molecule has 0 bridgehead atoms. The van der Waals surface area contributed by atoms with Gasteiger partial charge < -0.3 is 0 Å². The zero-order valence-corrected chi connectivity index (χ0v) is 9.51. The molecule has 0 saturated carbocycles. The van der Waals surface area contributed by atoms with Crippen LogP contribution < -0.4 is 0 Å². The van der Waals surface area contributed by atoms with Crippen LogP contribution in [0.2, 0.25) is 0 Å². The van der Waals surface area contributed by atoms with Crippen LogP contribution in [-0.4, -0.2) is 9.97 Å². The number of hydrogen-bond acceptors (Lipinski definition) is 2. The molecule has 2 nitrogen and oxygen atoms in total. The van der Waals surface area contributed by atoms with Crippen molar-refractivity contribution in [2.75, 3.05) is 0 Å². The molecule has 3 aromatic rings. The van der Waals surface area contributed by atoms with Crippen molar-refractivity contribution >= 4 is 11.0 Å². The Morgan fingerprint density at radius 3 is 2.24 bits per heavy atom. The molecule has 1 aromatic heterocycles. The average molecular weight is 219 g/mol. The maximum absolute atomic E-state index is 4.67. The monoisotopic (exact) mass is 219 g/mol. The summed E-state index contributed by atoms with van der Waals surface area (Å²) in [5, 5.41) is 0. The van der Waals surface area contributed by atoms with Crippen LogP contribution in [0.4, 0.5) is 0 Å². The molecule has 1 heterocycles. The lowest BCUT2D eigenvalue weighted by molar-refractivity contribution is 1.19. The Labute approximate surface area is 100.0 Å². The first-order valence-electron chi connectivity index (χ1n) is 5.54. The summed E-state index contributed by atoms with van der Waals surface area (Å²) in [5.74, 6) is 0. The molecule has 2 aromatic carbocycles. The number of para-hydroxylation sites is 2. The van der Waals surface area contributed by atoms with Crippen molar-refractivity contribution in [2.45, 2.75) is 6.92 Å². The van der Waals surface area contributed by atoms with Crippen molar-refractivity contribution in [3.8, 4) is 11.3 Å². The molecule has 0 aliphatic rings. The van der Waals surface area contributed by atoms with E-state index in [1.807, 2.05) is 55.5 Å². The van der Waals surface area contributed by atoms with Crippen molar-refractivity contribution in [3.63, 3.8) is 0 Å². The zero-order chi connectivity index (χ0) is 11.7. The van der Waals surface area contributed by atoms with Gasteiger partial charge in [-0.3, -0.25) is 0 Å². The fraction of sp³-hybridized carbons (Fsp3) is 0.0667. The highest BCUT2D eigenvalue weighted by atomic mass is 14.8. The highest BCUT2D eigenvalue weighted by Crippen LogP contribution is 2.22. The van der Waals surface area contributed by atoms with Gasteiger partial charge in [0.15, 0.2) is 0 Å². The molecule has 0 N–H and O–H groups in total. The van der Waals surface area contributed by atoms with Crippen LogP contribution >= 0.6 is 0 Å². The van der Waals surface area contributed by atoms with E-state index in [1.54, 1.807) is 0 Å². The lowest BCUT2D eigenvalue weighted by Crippen LogP contribution is -1.93. The smallest absolute Gasteiger partial charge is 0.0922 e. The van der Waals surface area contributed by atoms with Gasteiger partial charge in [0.1, 0.15) is 0 Å². The first-order valence-corrected chi connectivity index (χ1v) is 5.54. The number of aryl methyl sites for hydroxylation is 1. The summed E-state index contributed by atoms with van der Waals surface area (Å²) in [6, 6.07) is 18.7. The van der Waals surface area contributed by atoms with Crippen LogP contribution in [0.3, 0.4) is 0 Å². The Balaban J connectivity index is 2.27. The van der Waals surface area contributed by atoms with E-state index >= 15 is 0 Å². The predicted molar refractivity (Wildman–Crippen MR) is 68.5 cm³/mol. The van der Waals surface area contributed by atoms with Gasteiger partial charge in [-0.15, -0.1) is 0 Å². The Morgan fingerprint density at radius 2 is 1.53 bits per heavy atom. The summed E-state index contributed by atoms with van der Waals surface area (Å²) < 4.78 is 0. The second kappa shape index (κ2) is 3.98. The zero-order valence-electron chi connectivity index (χ0n) is 9.51. The fourth-order valence-corrected chi connectivity index (χ4v) is 1.91. The molecule has 0 aliphatic carbocycles. The highest BCUT2D eigenvalue weighted by molar-refractivity contribution is 5.78. The average Bonchev–Trinajstić information content (AvgIpc) is 2.39. The minimum atomic E-state index is 0.931. The minimum Gasteiger partial charge on any atom is -0.249 e. The van der Waals surface area contributed by atoms with Gasteiger partial charge in [-0.1, -0.05) is 36.4 Å². The third-order valence-corrected chi connectivity index (χ3v) is 2.74. The number of fused-ring (bicyclic) bond motifs is 1. The SMILES string of the molecule is Cc1nc2ccccc2nc1-c1cc[c]cc1. The van der Waals surface area contributed by atoms with E-state index < -0.39 is 0 Å². The molecule has 2 heteroatoms. The topological polar surface area (TPSA) is 25.8 Å². The first-order chi connectivity index (χ1) is 8.34. The van der Waals surface area contributed by atoms with Crippen LogP contribution in [0.1, 0.15) is 5.69 Å². The van der Waals surface area contributed by atoms with E-state index in [1.165, 1.54) is 0 Å². The Kier molecular flexibility index (Phi) is 2.33. The minimum absolute atomic E-state index is 0.931. The molecule has 0 aliphatic heterocycles. The van der Waals surface area contributed by atoms with Crippen molar-refractivity contribution in [1.29, 1.82) is 0 Å². The summed E-state index contributed by atoms with van der Waals surface area (Å²) in [5.41, 5.74) is 4.85. The summed E-state index contributed by atoms with van der Waals surface area (Å²) in [6.07, 6.45) is 0. The Hall–Kier alpha value is -2.22. The van der Waals surface area contributed by atoms with Gasteiger partial charge in [0.25, 0.3) is 0 Å². The second-order valence-electron chi connectivity index (χ2n) is 3.94. The van der Waals surface area contributed by atoms with E-state index in [-0.39, 0.29) is 0 Å². The van der Waals surface area contributed by atoms with E-state index in [9.17, 15) is 0 Å². The largest absolute Gasteiger partial charge is 0.249 e. The van der Waals surface area contributed by atoms with Crippen LogP contribution in [0, 0.1) is 13.0 Å². The summed E-state index contributed by atoms with van der Waals surface area (Å²) in [7, 11) is 0. The fourth-order valence-electron chi connectivity index (χ4n) is 1.91. The summed E-state index contributed by atoms with van der Waals surface area (Å²) >= 11 is 0. The standard InChI is InChI=1S/C15H11N2/c1-11-15(12-7-3-2-4-8-12)17-14-10-6-5-9-13(14)16-11/h3-10H,1H3. The summed E-state index contributed by atoms with van der Waals surface area (Å²) in [4.78, 5) is 9.25. The van der Waals surface area contributed by atoms with Crippen molar-refractivity contribution in [1.82, 2.24) is 9.97 Å². The maximum atomic E-state index is 4.67. The van der Waals surface area contributed by atoms with Gasteiger partial charge in [0, 0.05) is 5.56 Å². The number of benzene rings is 2. The number of rotatable bonds is 1. The van der Waals surface area contributed by atoms with Crippen molar-refractivity contribution in [3.05, 3.63) is 60.3 Å². The number of aromatic nitrogens is 2. The molecule has 0 amide bonds. The van der Waals surface area contributed by atoms with E-state index in [4.69, 9.17) is 0 Å². The second-order valence-corrected chi connectivity index (χ2v) is 3.94. The lowest BCUT2D eigenvalue weighted by Gasteiger charge is -2.06. The Morgan fingerprint density at radius 1 is 0.882 bits per heavy atom. The van der Waals surface area contributed by atoms with Gasteiger partial charge >= 0.3 is 0 Å². The van der Waals surface area contributed by atoms with E-state index in [2.05, 4.69) is 16.0 Å². The maximum Gasteiger partial charge on any atom is 0.0922 e. The van der Waals surface area contributed by atoms with Crippen LogP contribution in [-0.2, 0) is 0 Å².